The first kappa shape index (κ1) is 22.8. The molecule has 0 saturated carbocycles. The van der Waals surface area contributed by atoms with Gasteiger partial charge in [-0.2, -0.15) is 0 Å². The van der Waals surface area contributed by atoms with Crippen molar-refractivity contribution in [1.82, 2.24) is 24.8 Å². The van der Waals surface area contributed by atoms with Crippen molar-refractivity contribution in [3.63, 3.8) is 0 Å². The average Bonchev–Trinajstić information content (AvgIpc) is 3.27. The topological polar surface area (TPSA) is 80.6 Å². The maximum absolute atomic E-state index is 12.8. The minimum Gasteiger partial charge on any atom is -0.496 e. The zero-order chi connectivity index (χ0) is 22.2. The standard InChI is InChI=1S/C23H33N5O3/c1-4-26(5-2)23(30)20-17-28(25-24-20)16-18-9-8-14-27(15-18)22(29)13-12-19-10-6-7-11-21(19)31-3/h6-7,10-11,17-18H,4-5,8-9,12-16H2,1-3H3. The number of carbonyl (C=O) groups is 2. The molecule has 1 aromatic carbocycles. The molecular formula is C23H33N5O3. The molecule has 1 fully saturated rings. The highest BCUT2D eigenvalue weighted by molar-refractivity contribution is 5.91. The summed E-state index contributed by atoms with van der Waals surface area (Å²) in [6.07, 6.45) is 4.88. The van der Waals surface area contributed by atoms with Crippen molar-refractivity contribution < 1.29 is 14.3 Å². The molecule has 1 aromatic heterocycles. The summed E-state index contributed by atoms with van der Waals surface area (Å²) in [6, 6.07) is 7.84. The van der Waals surface area contributed by atoms with Crippen LogP contribution in [-0.4, -0.2) is 69.9 Å². The Hall–Kier alpha value is -2.90. The number of hydrogen-bond donors (Lipinski definition) is 0. The fourth-order valence-corrected chi connectivity index (χ4v) is 4.17. The van der Waals surface area contributed by atoms with Crippen molar-refractivity contribution in [1.29, 1.82) is 0 Å². The van der Waals surface area contributed by atoms with Gasteiger partial charge >= 0.3 is 0 Å². The van der Waals surface area contributed by atoms with Gasteiger partial charge in [0.25, 0.3) is 5.91 Å². The van der Waals surface area contributed by atoms with E-state index in [1.165, 1.54) is 0 Å². The molecule has 3 rings (SSSR count). The van der Waals surface area contributed by atoms with Gasteiger partial charge in [0.15, 0.2) is 5.69 Å². The van der Waals surface area contributed by atoms with Gasteiger partial charge in [0.1, 0.15) is 5.75 Å². The first-order valence-electron chi connectivity index (χ1n) is 11.1. The lowest BCUT2D eigenvalue weighted by molar-refractivity contribution is -0.133. The molecule has 0 spiro atoms. The van der Waals surface area contributed by atoms with E-state index < -0.39 is 0 Å². The van der Waals surface area contributed by atoms with E-state index >= 15 is 0 Å². The average molecular weight is 428 g/mol. The largest absolute Gasteiger partial charge is 0.496 e. The summed E-state index contributed by atoms with van der Waals surface area (Å²) >= 11 is 0. The second-order valence-electron chi connectivity index (χ2n) is 7.96. The Balaban J connectivity index is 1.53. The van der Waals surface area contributed by atoms with Crippen molar-refractivity contribution in [3.8, 4) is 5.75 Å². The van der Waals surface area contributed by atoms with Crippen LogP contribution in [0.2, 0.25) is 0 Å². The van der Waals surface area contributed by atoms with E-state index in [0.29, 0.717) is 50.6 Å². The predicted molar refractivity (Wildman–Crippen MR) is 118 cm³/mol. The first-order chi connectivity index (χ1) is 15.0. The summed E-state index contributed by atoms with van der Waals surface area (Å²) in [7, 11) is 1.65. The molecule has 2 aromatic rings. The number of methoxy groups -OCH3 is 1. The van der Waals surface area contributed by atoms with Crippen molar-refractivity contribution in [3.05, 3.63) is 41.7 Å². The monoisotopic (exact) mass is 427 g/mol. The van der Waals surface area contributed by atoms with Crippen molar-refractivity contribution >= 4 is 11.8 Å². The third-order valence-corrected chi connectivity index (χ3v) is 5.93. The molecule has 8 nitrogen and oxygen atoms in total. The van der Waals surface area contributed by atoms with Gasteiger partial charge in [-0.3, -0.25) is 14.3 Å². The van der Waals surface area contributed by atoms with Gasteiger partial charge < -0.3 is 14.5 Å². The minimum atomic E-state index is -0.0898. The van der Waals surface area contributed by atoms with E-state index in [4.69, 9.17) is 4.74 Å². The molecule has 168 valence electrons. The minimum absolute atomic E-state index is 0.0898. The molecule has 0 aliphatic carbocycles. The Bertz CT molecular complexity index is 878. The van der Waals surface area contributed by atoms with Crippen LogP contribution in [0.25, 0.3) is 0 Å². The molecule has 1 aliphatic rings. The molecule has 1 aliphatic heterocycles. The van der Waals surface area contributed by atoms with Crippen LogP contribution in [0, 0.1) is 5.92 Å². The van der Waals surface area contributed by atoms with Crippen molar-refractivity contribution in [2.45, 2.75) is 46.1 Å². The maximum Gasteiger partial charge on any atom is 0.276 e. The number of nitrogens with zero attached hydrogens (tertiary/aromatic N) is 5. The molecule has 0 bridgehead atoms. The quantitative estimate of drug-likeness (QED) is 0.615. The number of piperidine rings is 1. The predicted octanol–water partition coefficient (Wildman–Crippen LogP) is 2.64. The molecule has 2 amide bonds. The van der Waals surface area contributed by atoms with Gasteiger partial charge in [-0.05, 0) is 50.7 Å². The highest BCUT2D eigenvalue weighted by atomic mass is 16.5. The Morgan fingerprint density at radius 1 is 1.23 bits per heavy atom. The second-order valence-corrected chi connectivity index (χ2v) is 7.96. The third kappa shape index (κ3) is 5.83. The van der Waals surface area contributed by atoms with Crippen molar-refractivity contribution in [2.75, 3.05) is 33.3 Å². The molecular weight excluding hydrogens is 394 g/mol. The smallest absolute Gasteiger partial charge is 0.276 e. The van der Waals surface area contributed by atoms with E-state index in [2.05, 4.69) is 10.3 Å². The molecule has 1 unspecified atom stereocenters. The van der Waals surface area contributed by atoms with Gasteiger partial charge in [-0.1, -0.05) is 23.4 Å². The molecule has 8 heteroatoms. The molecule has 0 N–H and O–H groups in total. The number of para-hydroxylation sites is 1. The molecule has 1 saturated heterocycles. The Kier molecular flexibility index (Phi) is 8.03. The van der Waals surface area contributed by atoms with Crippen LogP contribution >= 0.6 is 0 Å². The number of rotatable bonds is 9. The lowest BCUT2D eigenvalue weighted by Gasteiger charge is -2.32. The van der Waals surface area contributed by atoms with Gasteiger partial charge in [-0.15, -0.1) is 5.10 Å². The summed E-state index contributed by atoms with van der Waals surface area (Å²) in [5.74, 6) is 1.22. The van der Waals surface area contributed by atoms with Crippen molar-refractivity contribution in [2.24, 2.45) is 5.92 Å². The van der Waals surface area contributed by atoms with Crippen LogP contribution in [0.3, 0.4) is 0 Å². The number of amides is 2. The van der Waals surface area contributed by atoms with Gasteiger partial charge in [0, 0.05) is 39.1 Å². The molecule has 0 radical (unpaired) electrons. The summed E-state index contributed by atoms with van der Waals surface area (Å²) in [4.78, 5) is 28.9. The Morgan fingerprint density at radius 3 is 2.74 bits per heavy atom. The van der Waals surface area contributed by atoms with E-state index in [1.54, 1.807) is 22.9 Å². The van der Waals surface area contributed by atoms with Crippen LogP contribution in [-0.2, 0) is 17.8 Å². The molecule has 31 heavy (non-hydrogen) atoms. The number of aromatic nitrogens is 3. The summed E-state index contributed by atoms with van der Waals surface area (Å²) < 4.78 is 7.13. The van der Waals surface area contributed by atoms with Gasteiger partial charge in [-0.25, -0.2) is 0 Å². The highest BCUT2D eigenvalue weighted by Gasteiger charge is 2.25. The van der Waals surface area contributed by atoms with Gasteiger partial charge in [0.05, 0.1) is 13.3 Å². The zero-order valence-corrected chi connectivity index (χ0v) is 18.8. The number of hydrogen-bond acceptors (Lipinski definition) is 5. The van der Waals surface area contributed by atoms with E-state index in [0.717, 1.165) is 30.7 Å². The number of benzene rings is 1. The van der Waals surface area contributed by atoms with Crippen LogP contribution < -0.4 is 4.74 Å². The summed E-state index contributed by atoms with van der Waals surface area (Å²) in [5, 5.41) is 8.21. The lowest BCUT2D eigenvalue weighted by Crippen LogP contribution is -2.41. The summed E-state index contributed by atoms with van der Waals surface area (Å²) in [6.45, 7) is 7.37. The molecule has 1 atom stereocenters. The van der Waals surface area contributed by atoms with E-state index in [9.17, 15) is 9.59 Å². The fraction of sp³-hybridized carbons (Fsp3) is 0.565. The Labute approximate surface area is 184 Å². The highest BCUT2D eigenvalue weighted by Crippen LogP contribution is 2.22. The lowest BCUT2D eigenvalue weighted by atomic mass is 9.97. The zero-order valence-electron chi connectivity index (χ0n) is 18.8. The van der Waals surface area contributed by atoms with Crippen LogP contribution in [0.4, 0.5) is 0 Å². The Morgan fingerprint density at radius 2 is 2.00 bits per heavy atom. The van der Waals surface area contributed by atoms with Gasteiger partial charge in [0.2, 0.25) is 5.91 Å². The summed E-state index contributed by atoms with van der Waals surface area (Å²) in [5.41, 5.74) is 1.43. The van der Waals surface area contributed by atoms with Crippen LogP contribution in [0.5, 0.6) is 5.75 Å². The number of likely N-dealkylation sites (tertiary alicyclic amines) is 1. The first-order valence-corrected chi connectivity index (χ1v) is 11.1. The van der Waals surface area contributed by atoms with E-state index in [1.807, 2.05) is 43.0 Å². The SMILES string of the molecule is CCN(CC)C(=O)c1cn(CC2CCCN(C(=O)CCc3ccccc3OC)C2)nn1. The molecule has 2 heterocycles. The number of aryl methyl sites for hydroxylation is 1. The van der Waals surface area contributed by atoms with Crippen LogP contribution in [0.1, 0.15) is 49.2 Å². The van der Waals surface area contributed by atoms with Crippen LogP contribution in [0.15, 0.2) is 30.5 Å². The third-order valence-electron chi connectivity index (χ3n) is 5.93. The fourth-order valence-electron chi connectivity index (χ4n) is 4.17. The normalized spacial score (nSPS) is 16.2. The maximum atomic E-state index is 12.8. The van der Waals surface area contributed by atoms with E-state index in [-0.39, 0.29) is 11.8 Å². The second kappa shape index (κ2) is 10.9. The number of ether oxygens (including phenoxy) is 1. The number of carbonyl (C=O) groups excluding carboxylic acids is 2.